The molecule has 0 aromatic carbocycles. The molecule has 0 spiro atoms. The Balaban J connectivity index is 1.60. The number of nitrogens with two attached hydrogens (primary N) is 1. The predicted octanol–water partition coefficient (Wildman–Crippen LogP) is 0.640. The van der Waals surface area contributed by atoms with Gasteiger partial charge in [0.2, 0.25) is 5.95 Å². The van der Waals surface area contributed by atoms with Crippen LogP contribution >= 0.6 is 0 Å². The van der Waals surface area contributed by atoms with Gasteiger partial charge < -0.3 is 20.4 Å². The molecule has 0 amide bonds. The molecule has 2 aliphatic heterocycles. The summed E-state index contributed by atoms with van der Waals surface area (Å²) in [6.07, 6.45) is 2.47. The van der Waals surface area contributed by atoms with Gasteiger partial charge >= 0.3 is 0 Å². The van der Waals surface area contributed by atoms with Gasteiger partial charge in [-0.2, -0.15) is 10.2 Å². The maximum atomic E-state index is 8.93. The molecule has 8 heteroatoms. The molecule has 2 N–H and O–H groups in total. The van der Waals surface area contributed by atoms with Gasteiger partial charge in [-0.3, -0.25) is 0 Å². The van der Waals surface area contributed by atoms with Crippen LogP contribution < -0.4 is 15.5 Å². The molecule has 0 bridgehead atoms. The van der Waals surface area contributed by atoms with Crippen LogP contribution in [0.3, 0.4) is 0 Å². The summed E-state index contributed by atoms with van der Waals surface area (Å²) < 4.78 is 0. The van der Waals surface area contributed by atoms with E-state index in [1.54, 1.807) is 12.3 Å². The maximum Gasteiger partial charge on any atom is 0.222 e. The van der Waals surface area contributed by atoms with Crippen molar-refractivity contribution in [3.8, 4) is 6.07 Å². The molecule has 26 heavy (non-hydrogen) atoms. The third kappa shape index (κ3) is 3.13. The fraction of sp³-hybridized carbons (Fsp3) is 0.444. The largest absolute Gasteiger partial charge is 0.368 e. The Bertz CT molecular complexity index is 834. The zero-order chi connectivity index (χ0) is 18.1. The van der Waals surface area contributed by atoms with E-state index in [4.69, 9.17) is 11.0 Å². The summed E-state index contributed by atoms with van der Waals surface area (Å²) >= 11 is 0. The second-order valence-electron chi connectivity index (χ2n) is 6.81. The SMILES string of the molecule is CN1CCN(c2nc(N)nc3c2CCN(c2ccc(C#N)cn2)C3)CC1. The highest BCUT2D eigenvalue weighted by Crippen LogP contribution is 2.29. The van der Waals surface area contributed by atoms with Gasteiger partial charge in [-0.05, 0) is 25.6 Å². The fourth-order valence-electron chi connectivity index (χ4n) is 3.54. The van der Waals surface area contributed by atoms with Gasteiger partial charge in [-0.1, -0.05) is 0 Å². The highest BCUT2D eigenvalue weighted by atomic mass is 15.3. The van der Waals surface area contributed by atoms with Crippen LogP contribution in [0.5, 0.6) is 0 Å². The standard InChI is InChI=1S/C18H22N8/c1-24-6-8-25(9-7-24)17-14-4-5-26(12-15(14)22-18(20)23-17)16-3-2-13(10-19)11-21-16/h2-3,11H,4-9,12H2,1H3,(H2,20,22,23). The van der Waals surface area contributed by atoms with E-state index < -0.39 is 0 Å². The number of nitrogen functional groups attached to an aromatic ring is 1. The van der Waals surface area contributed by atoms with Crippen LogP contribution in [0.2, 0.25) is 0 Å². The van der Waals surface area contributed by atoms with E-state index in [9.17, 15) is 0 Å². The van der Waals surface area contributed by atoms with Gasteiger partial charge in [0.15, 0.2) is 0 Å². The van der Waals surface area contributed by atoms with Crippen molar-refractivity contribution in [3.05, 3.63) is 35.2 Å². The van der Waals surface area contributed by atoms with Crippen LogP contribution in [-0.2, 0) is 13.0 Å². The molecule has 2 aromatic heterocycles. The number of aromatic nitrogens is 3. The minimum absolute atomic E-state index is 0.326. The molecule has 2 aliphatic rings. The molecule has 1 fully saturated rings. The zero-order valence-corrected chi connectivity index (χ0v) is 14.9. The van der Waals surface area contributed by atoms with Crippen LogP contribution in [-0.4, -0.2) is 59.6 Å². The molecule has 0 unspecified atom stereocenters. The summed E-state index contributed by atoms with van der Waals surface area (Å²) in [6.45, 7) is 5.47. The Labute approximate surface area is 152 Å². The Hall–Kier alpha value is -2.92. The maximum absolute atomic E-state index is 8.93. The van der Waals surface area contributed by atoms with Crippen molar-refractivity contribution in [1.29, 1.82) is 5.26 Å². The average Bonchev–Trinajstić information content (AvgIpc) is 2.67. The molecule has 4 heterocycles. The van der Waals surface area contributed by atoms with Crippen molar-refractivity contribution in [3.63, 3.8) is 0 Å². The fourth-order valence-corrected chi connectivity index (χ4v) is 3.54. The molecule has 0 atom stereocenters. The van der Waals surface area contributed by atoms with E-state index in [1.165, 1.54) is 5.56 Å². The molecule has 2 aromatic rings. The number of pyridine rings is 1. The summed E-state index contributed by atoms with van der Waals surface area (Å²) in [5, 5.41) is 8.93. The molecular formula is C18H22N8. The van der Waals surface area contributed by atoms with Crippen LogP contribution in [0.4, 0.5) is 17.6 Å². The van der Waals surface area contributed by atoms with Crippen LogP contribution in [0.15, 0.2) is 18.3 Å². The van der Waals surface area contributed by atoms with E-state index in [2.05, 4.69) is 42.8 Å². The summed E-state index contributed by atoms with van der Waals surface area (Å²) in [7, 11) is 2.14. The molecule has 8 nitrogen and oxygen atoms in total. The minimum Gasteiger partial charge on any atom is -0.368 e. The highest BCUT2D eigenvalue weighted by molar-refractivity contribution is 5.56. The topological polar surface area (TPSA) is 98.2 Å². The first-order valence-electron chi connectivity index (χ1n) is 8.84. The lowest BCUT2D eigenvalue weighted by Gasteiger charge is -2.36. The second-order valence-corrected chi connectivity index (χ2v) is 6.81. The lowest BCUT2D eigenvalue weighted by atomic mass is 10.0. The predicted molar refractivity (Wildman–Crippen MR) is 99.9 cm³/mol. The quantitative estimate of drug-likeness (QED) is 0.843. The van der Waals surface area contributed by atoms with Gasteiger partial charge in [0.25, 0.3) is 0 Å². The van der Waals surface area contributed by atoms with E-state index >= 15 is 0 Å². The van der Waals surface area contributed by atoms with Gasteiger partial charge in [-0.15, -0.1) is 0 Å². The number of hydrogen-bond acceptors (Lipinski definition) is 8. The smallest absolute Gasteiger partial charge is 0.222 e. The average molecular weight is 350 g/mol. The number of fused-ring (bicyclic) bond motifs is 1. The van der Waals surface area contributed by atoms with Crippen molar-refractivity contribution in [2.24, 2.45) is 0 Å². The molecule has 0 radical (unpaired) electrons. The number of likely N-dealkylation sites (N-methyl/N-ethyl adjacent to an activating group) is 1. The Morgan fingerprint density at radius 1 is 1.08 bits per heavy atom. The van der Waals surface area contributed by atoms with Crippen molar-refractivity contribution in [1.82, 2.24) is 19.9 Å². The third-order valence-corrected chi connectivity index (χ3v) is 5.06. The van der Waals surface area contributed by atoms with E-state index in [0.717, 1.165) is 56.5 Å². The number of nitrogens with zero attached hydrogens (tertiary/aromatic N) is 7. The lowest BCUT2D eigenvalue weighted by molar-refractivity contribution is 0.311. The first-order valence-corrected chi connectivity index (χ1v) is 8.84. The van der Waals surface area contributed by atoms with Crippen molar-refractivity contribution in [2.75, 3.05) is 55.3 Å². The number of nitriles is 1. The van der Waals surface area contributed by atoms with Crippen molar-refractivity contribution >= 4 is 17.6 Å². The summed E-state index contributed by atoms with van der Waals surface area (Å²) in [6, 6.07) is 5.78. The molecule has 0 saturated carbocycles. The normalized spacial score (nSPS) is 17.7. The van der Waals surface area contributed by atoms with Crippen molar-refractivity contribution in [2.45, 2.75) is 13.0 Å². The number of piperazine rings is 1. The second kappa shape index (κ2) is 6.77. The summed E-state index contributed by atoms with van der Waals surface area (Å²) in [5.74, 6) is 2.17. The Morgan fingerprint density at radius 3 is 2.58 bits per heavy atom. The van der Waals surface area contributed by atoms with Crippen LogP contribution in [0, 0.1) is 11.3 Å². The van der Waals surface area contributed by atoms with Gasteiger partial charge in [-0.25, -0.2) is 9.97 Å². The molecule has 134 valence electrons. The van der Waals surface area contributed by atoms with Crippen LogP contribution in [0.1, 0.15) is 16.8 Å². The van der Waals surface area contributed by atoms with Gasteiger partial charge in [0, 0.05) is 44.5 Å². The number of anilines is 3. The summed E-state index contributed by atoms with van der Waals surface area (Å²) in [5.41, 5.74) is 8.75. The Kier molecular flexibility index (Phi) is 4.31. The van der Waals surface area contributed by atoms with E-state index in [0.29, 0.717) is 18.1 Å². The van der Waals surface area contributed by atoms with E-state index in [1.807, 2.05) is 6.07 Å². The van der Waals surface area contributed by atoms with Gasteiger partial charge in [0.05, 0.1) is 17.8 Å². The molecular weight excluding hydrogens is 328 g/mol. The number of rotatable bonds is 2. The molecule has 1 saturated heterocycles. The molecule has 0 aliphatic carbocycles. The number of hydrogen-bond donors (Lipinski definition) is 1. The zero-order valence-electron chi connectivity index (χ0n) is 14.9. The lowest BCUT2D eigenvalue weighted by Crippen LogP contribution is -2.46. The monoisotopic (exact) mass is 350 g/mol. The highest BCUT2D eigenvalue weighted by Gasteiger charge is 2.26. The van der Waals surface area contributed by atoms with E-state index in [-0.39, 0.29) is 0 Å². The summed E-state index contributed by atoms with van der Waals surface area (Å²) in [4.78, 5) is 20.3. The first kappa shape index (κ1) is 16.5. The minimum atomic E-state index is 0.326. The molecule has 4 rings (SSSR count). The first-order chi connectivity index (χ1) is 12.6. The Morgan fingerprint density at radius 2 is 1.88 bits per heavy atom. The van der Waals surface area contributed by atoms with Crippen LogP contribution in [0.25, 0.3) is 0 Å². The van der Waals surface area contributed by atoms with Crippen molar-refractivity contribution < 1.29 is 0 Å². The third-order valence-electron chi connectivity index (χ3n) is 5.06. The van der Waals surface area contributed by atoms with Gasteiger partial charge in [0.1, 0.15) is 17.7 Å².